The van der Waals surface area contributed by atoms with Crippen LogP contribution in [0.15, 0.2) is 0 Å². The summed E-state index contributed by atoms with van der Waals surface area (Å²) in [5, 5.41) is 0. The lowest BCUT2D eigenvalue weighted by Crippen LogP contribution is -2.00. The van der Waals surface area contributed by atoms with E-state index in [0.717, 1.165) is 18.1 Å². The number of Topliss-reactive ketones (excluding diaryl/α,β-unsaturated/α-hetero) is 1. The lowest BCUT2D eigenvalue weighted by atomic mass is 10.4. The zero-order valence-electron chi connectivity index (χ0n) is 8.13. The lowest BCUT2D eigenvalue weighted by Gasteiger charge is -1.95. The zero-order chi connectivity index (χ0) is 9.82. The summed E-state index contributed by atoms with van der Waals surface area (Å²) in [6.07, 6.45) is 0.683. The molecule has 0 aromatic carbocycles. The Balaban J connectivity index is 0. The van der Waals surface area contributed by atoms with Crippen molar-refractivity contribution >= 4 is 27.4 Å². The van der Waals surface area contributed by atoms with E-state index in [0.29, 0.717) is 6.42 Å². The first-order valence-corrected chi connectivity index (χ1v) is 6.70. The number of ketones is 1. The number of hydrogen-bond donors (Lipinski definition) is 1. The number of rotatable bonds is 6. The second-order valence-electron chi connectivity index (χ2n) is 1.88. The molecular formula is C8H19NOS2. The van der Waals surface area contributed by atoms with Crippen molar-refractivity contribution in [2.45, 2.75) is 27.2 Å². The Morgan fingerprint density at radius 1 is 1.25 bits per heavy atom. The van der Waals surface area contributed by atoms with Crippen LogP contribution in [0.25, 0.3) is 0 Å². The minimum Gasteiger partial charge on any atom is -0.330 e. The highest BCUT2D eigenvalue weighted by Crippen LogP contribution is 2.20. The van der Waals surface area contributed by atoms with Crippen molar-refractivity contribution in [1.29, 1.82) is 0 Å². The number of hydrogen-bond acceptors (Lipinski definition) is 4. The van der Waals surface area contributed by atoms with Crippen molar-refractivity contribution in [2.24, 2.45) is 5.73 Å². The zero-order valence-corrected chi connectivity index (χ0v) is 9.76. The first kappa shape index (κ1) is 14.8. The van der Waals surface area contributed by atoms with Gasteiger partial charge in [-0.15, -0.1) is 0 Å². The van der Waals surface area contributed by atoms with E-state index in [4.69, 9.17) is 5.73 Å². The molecule has 0 fully saturated rings. The van der Waals surface area contributed by atoms with Crippen molar-refractivity contribution < 1.29 is 4.79 Å². The summed E-state index contributed by atoms with van der Waals surface area (Å²) >= 11 is 0. The molecule has 0 spiro atoms. The van der Waals surface area contributed by atoms with E-state index < -0.39 is 0 Å². The van der Waals surface area contributed by atoms with Gasteiger partial charge in [0.25, 0.3) is 0 Å². The third kappa shape index (κ3) is 16.7. The number of carbonyl (C=O) groups excluding carboxylic acids is 1. The van der Waals surface area contributed by atoms with Gasteiger partial charge in [0, 0.05) is 24.5 Å². The van der Waals surface area contributed by atoms with Gasteiger partial charge in [-0.1, -0.05) is 35.4 Å². The maximum atomic E-state index is 10.4. The monoisotopic (exact) mass is 209 g/mol. The van der Waals surface area contributed by atoms with Gasteiger partial charge in [-0.25, -0.2) is 0 Å². The van der Waals surface area contributed by atoms with Crippen LogP contribution in [0.5, 0.6) is 0 Å². The second-order valence-corrected chi connectivity index (χ2v) is 4.59. The molecule has 0 atom stereocenters. The maximum Gasteiger partial charge on any atom is 0.130 e. The highest BCUT2D eigenvalue weighted by atomic mass is 33.1. The predicted molar refractivity (Wildman–Crippen MR) is 60.6 cm³/mol. The summed E-state index contributed by atoms with van der Waals surface area (Å²) < 4.78 is 0. The Kier molecular flexibility index (Phi) is 17.2. The number of nitrogens with two attached hydrogens (primary N) is 1. The van der Waals surface area contributed by atoms with Gasteiger partial charge < -0.3 is 5.73 Å². The third-order valence-corrected chi connectivity index (χ3v) is 3.26. The highest BCUT2D eigenvalue weighted by molar-refractivity contribution is 8.76. The van der Waals surface area contributed by atoms with Crippen molar-refractivity contribution in [2.75, 3.05) is 18.1 Å². The average Bonchev–Trinajstić information content (AvgIpc) is 2.07. The van der Waals surface area contributed by atoms with Gasteiger partial charge in [-0.05, 0) is 6.92 Å². The lowest BCUT2D eigenvalue weighted by molar-refractivity contribution is -0.116. The molecule has 0 bridgehead atoms. The molecule has 2 nitrogen and oxygen atoms in total. The summed E-state index contributed by atoms with van der Waals surface area (Å²) in [4.78, 5) is 10.4. The summed E-state index contributed by atoms with van der Waals surface area (Å²) in [7, 11) is 3.46. The van der Waals surface area contributed by atoms with Crippen LogP contribution in [0, 0.1) is 0 Å². The van der Waals surface area contributed by atoms with Crippen molar-refractivity contribution in [3.8, 4) is 0 Å². The molecule has 0 aromatic heterocycles. The van der Waals surface area contributed by atoms with E-state index in [1.54, 1.807) is 28.5 Å². The molecule has 0 radical (unpaired) electrons. The van der Waals surface area contributed by atoms with Crippen LogP contribution in [-0.2, 0) is 4.79 Å². The van der Waals surface area contributed by atoms with Crippen LogP contribution < -0.4 is 5.73 Å². The average molecular weight is 209 g/mol. The van der Waals surface area contributed by atoms with Gasteiger partial charge in [0.2, 0.25) is 0 Å². The van der Waals surface area contributed by atoms with Crippen molar-refractivity contribution in [3.05, 3.63) is 0 Å². The van der Waals surface area contributed by atoms with Crippen LogP contribution in [0.3, 0.4) is 0 Å². The van der Waals surface area contributed by atoms with Crippen LogP contribution in [0.4, 0.5) is 0 Å². The quantitative estimate of drug-likeness (QED) is 0.538. The van der Waals surface area contributed by atoms with Gasteiger partial charge in [0.05, 0.1) is 0 Å². The molecule has 0 saturated carbocycles. The molecular weight excluding hydrogens is 190 g/mol. The normalized spacial score (nSPS) is 8.67. The molecule has 0 amide bonds. The van der Waals surface area contributed by atoms with Gasteiger partial charge in [-0.3, -0.25) is 4.79 Å². The molecule has 12 heavy (non-hydrogen) atoms. The molecule has 0 rings (SSSR count). The highest BCUT2D eigenvalue weighted by Gasteiger charge is 1.92. The third-order valence-electron chi connectivity index (χ3n) is 0.822. The fourth-order valence-corrected chi connectivity index (χ4v) is 2.30. The topological polar surface area (TPSA) is 43.1 Å². The molecule has 74 valence electrons. The summed E-state index contributed by atoms with van der Waals surface area (Å²) in [6.45, 7) is 6.34. The van der Waals surface area contributed by atoms with Crippen LogP contribution in [0.2, 0.25) is 0 Å². The fraction of sp³-hybridized carbons (Fsp3) is 0.875. The van der Waals surface area contributed by atoms with Gasteiger partial charge in [0.1, 0.15) is 5.78 Å². The smallest absolute Gasteiger partial charge is 0.130 e. The Bertz CT molecular complexity index is 99.1. The summed E-state index contributed by atoms with van der Waals surface area (Å²) in [6, 6.07) is 0. The van der Waals surface area contributed by atoms with Gasteiger partial charge >= 0.3 is 0 Å². The van der Waals surface area contributed by atoms with Crippen molar-refractivity contribution in [1.82, 2.24) is 0 Å². The molecule has 0 aliphatic rings. The SMILES string of the molecule is CC.CC(=O)CCSSCCN. The molecule has 0 saturated heterocycles. The van der Waals surface area contributed by atoms with E-state index in [2.05, 4.69) is 0 Å². The summed E-state index contributed by atoms with van der Waals surface area (Å²) in [5.74, 6) is 2.16. The standard InChI is InChI=1S/C6H13NOS2.C2H6/c1-6(8)2-4-9-10-5-3-7;1-2/h2-5,7H2,1H3;1-2H3. The van der Waals surface area contributed by atoms with E-state index in [1.165, 1.54) is 0 Å². The number of carbonyl (C=O) groups is 1. The largest absolute Gasteiger partial charge is 0.330 e. The Hall–Kier alpha value is 0.330. The van der Waals surface area contributed by atoms with Gasteiger partial charge in [0.15, 0.2) is 0 Å². The van der Waals surface area contributed by atoms with E-state index in [-0.39, 0.29) is 5.78 Å². The molecule has 0 unspecified atom stereocenters. The van der Waals surface area contributed by atoms with E-state index in [9.17, 15) is 4.79 Å². The first-order chi connectivity index (χ1) is 5.77. The van der Waals surface area contributed by atoms with E-state index in [1.807, 2.05) is 13.8 Å². The maximum absolute atomic E-state index is 10.4. The molecule has 4 heteroatoms. The Labute approximate surface area is 83.4 Å². The molecule has 2 N–H and O–H groups in total. The van der Waals surface area contributed by atoms with Gasteiger partial charge in [-0.2, -0.15) is 0 Å². The van der Waals surface area contributed by atoms with Crippen LogP contribution >= 0.6 is 21.6 Å². The fourth-order valence-electron chi connectivity index (χ4n) is 0.351. The first-order valence-electron chi connectivity index (χ1n) is 4.21. The predicted octanol–water partition coefficient (Wildman–Crippen LogP) is 2.33. The Morgan fingerprint density at radius 2 is 1.75 bits per heavy atom. The molecule has 0 heterocycles. The minimum absolute atomic E-state index is 0.265. The molecule has 0 aliphatic carbocycles. The Morgan fingerprint density at radius 3 is 2.17 bits per heavy atom. The van der Waals surface area contributed by atoms with Crippen molar-refractivity contribution in [3.63, 3.8) is 0 Å². The molecule has 0 aliphatic heterocycles. The minimum atomic E-state index is 0.265. The molecule has 0 aromatic rings. The second kappa shape index (κ2) is 13.9. The van der Waals surface area contributed by atoms with Crippen LogP contribution in [-0.4, -0.2) is 23.8 Å². The summed E-state index contributed by atoms with van der Waals surface area (Å²) in [5.41, 5.74) is 5.27. The van der Waals surface area contributed by atoms with Crippen LogP contribution in [0.1, 0.15) is 27.2 Å². The van der Waals surface area contributed by atoms with E-state index >= 15 is 0 Å².